The highest BCUT2D eigenvalue weighted by Gasteiger charge is 2.43. The third-order valence-electron chi connectivity index (χ3n) is 6.01. The first-order valence-electron chi connectivity index (χ1n) is 10.1. The van der Waals surface area contributed by atoms with Crippen LogP contribution >= 0.6 is 11.6 Å². The lowest BCUT2D eigenvalue weighted by Crippen LogP contribution is -2.58. The van der Waals surface area contributed by atoms with E-state index >= 15 is 0 Å². The number of halogens is 4. The summed E-state index contributed by atoms with van der Waals surface area (Å²) in [7, 11) is 1.27. The van der Waals surface area contributed by atoms with Crippen LogP contribution in [-0.4, -0.2) is 60.4 Å². The summed E-state index contributed by atoms with van der Waals surface area (Å²) in [5, 5.41) is 21.4. The maximum absolute atomic E-state index is 14.3. The van der Waals surface area contributed by atoms with Gasteiger partial charge in [0.05, 0.1) is 5.69 Å². The van der Waals surface area contributed by atoms with Gasteiger partial charge in [-0.3, -0.25) is 9.59 Å². The van der Waals surface area contributed by atoms with E-state index in [4.69, 9.17) is 16.3 Å². The second kappa shape index (κ2) is 8.51. The van der Waals surface area contributed by atoms with Crippen LogP contribution in [0.5, 0.6) is 5.75 Å². The van der Waals surface area contributed by atoms with Crippen molar-refractivity contribution in [2.45, 2.75) is 24.5 Å². The molecule has 2 aromatic carbocycles. The first-order valence-corrected chi connectivity index (χ1v) is 10.4. The number of piperidine rings is 1. The van der Waals surface area contributed by atoms with Crippen molar-refractivity contribution in [2.75, 3.05) is 36.5 Å². The van der Waals surface area contributed by atoms with E-state index in [2.05, 4.69) is 0 Å². The number of hydrogen-bond donors (Lipinski definition) is 2. The van der Waals surface area contributed by atoms with Gasteiger partial charge in [-0.25, -0.2) is 13.2 Å². The SMILES string of the molecule is CN1C(=O)C(=O)Cc2c(OC[C@]3(O)CCN(c4c(F)cc(Cl)cc4F)C[C@H]3O)ccc(F)c21. The molecule has 2 heterocycles. The maximum Gasteiger partial charge on any atom is 0.294 e. The summed E-state index contributed by atoms with van der Waals surface area (Å²) >= 11 is 5.65. The van der Waals surface area contributed by atoms with Crippen molar-refractivity contribution in [3.05, 3.63) is 52.3 Å². The summed E-state index contributed by atoms with van der Waals surface area (Å²) in [6.45, 7) is -0.715. The van der Waals surface area contributed by atoms with Gasteiger partial charge >= 0.3 is 0 Å². The molecule has 1 saturated heterocycles. The van der Waals surface area contributed by atoms with Crippen molar-refractivity contribution in [1.82, 2.24) is 0 Å². The second-order valence-electron chi connectivity index (χ2n) is 8.16. The highest BCUT2D eigenvalue weighted by atomic mass is 35.5. The third kappa shape index (κ3) is 4.14. The molecule has 2 N–H and O–H groups in total. The number of ether oxygens (including phenoxy) is 1. The smallest absolute Gasteiger partial charge is 0.294 e. The van der Waals surface area contributed by atoms with Gasteiger partial charge in [-0.05, 0) is 30.7 Å². The van der Waals surface area contributed by atoms with E-state index < -0.39 is 47.5 Å². The Morgan fingerprint density at radius 2 is 1.82 bits per heavy atom. The van der Waals surface area contributed by atoms with Gasteiger partial charge in [0.15, 0.2) is 11.6 Å². The zero-order valence-corrected chi connectivity index (χ0v) is 18.2. The summed E-state index contributed by atoms with van der Waals surface area (Å²) in [6.07, 6.45) is -1.91. The van der Waals surface area contributed by atoms with Crippen LogP contribution in [-0.2, 0) is 16.0 Å². The number of rotatable bonds is 4. The molecule has 7 nitrogen and oxygen atoms in total. The van der Waals surface area contributed by atoms with E-state index in [-0.39, 0.29) is 53.6 Å². The molecule has 2 atom stereocenters. The Hall–Kier alpha value is -2.82. The molecule has 0 spiro atoms. The van der Waals surface area contributed by atoms with E-state index in [1.54, 1.807) is 0 Å². The number of ketones is 1. The van der Waals surface area contributed by atoms with Gasteiger partial charge in [0.25, 0.3) is 5.91 Å². The number of β-amino-alcohol motifs (C(OH)–C–C–N with tert-alkyl or cyclic N) is 1. The first-order chi connectivity index (χ1) is 15.5. The number of nitrogens with zero attached hydrogens (tertiary/aromatic N) is 2. The standard InChI is InChI=1S/C22H20ClF3N2O5/c1-27-19-12(8-16(29)21(27)31)17(3-2-13(19)24)33-10-22(32)4-5-28(9-18(22)30)20-14(25)6-11(23)7-15(20)26/h2-3,6-7,18,30,32H,4-5,8-10H2,1H3/t18-,22-/m1/s1. The van der Waals surface area contributed by atoms with Crippen LogP contribution in [0.25, 0.3) is 0 Å². The molecule has 11 heteroatoms. The normalized spacial score (nSPS) is 23.1. The van der Waals surface area contributed by atoms with Crippen molar-refractivity contribution >= 4 is 34.7 Å². The predicted molar refractivity (Wildman–Crippen MR) is 113 cm³/mol. The number of Topliss-reactive ketones (excluding diaryl/α,β-unsaturated/α-hetero) is 1. The Morgan fingerprint density at radius 3 is 2.45 bits per heavy atom. The summed E-state index contributed by atoms with van der Waals surface area (Å²) in [5.74, 6) is -4.00. The fraction of sp³-hybridized carbons (Fsp3) is 0.364. The van der Waals surface area contributed by atoms with Gasteiger partial charge in [-0.1, -0.05) is 11.6 Å². The lowest BCUT2D eigenvalue weighted by atomic mass is 9.89. The fourth-order valence-electron chi connectivity index (χ4n) is 4.16. The number of hydrogen-bond acceptors (Lipinski definition) is 6. The first kappa shape index (κ1) is 23.3. The summed E-state index contributed by atoms with van der Waals surface area (Å²) in [6, 6.07) is 4.26. The largest absolute Gasteiger partial charge is 0.490 e. The molecule has 33 heavy (non-hydrogen) atoms. The Bertz CT molecular complexity index is 1120. The number of benzene rings is 2. The van der Waals surface area contributed by atoms with Crippen LogP contribution in [0, 0.1) is 17.5 Å². The zero-order valence-electron chi connectivity index (χ0n) is 17.4. The van der Waals surface area contributed by atoms with Gasteiger partial charge in [0.1, 0.15) is 35.6 Å². The van der Waals surface area contributed by atoms with Crippen LogP contribution in [0.4, 0.5) is 24.5 Å². The van der Waals surface area contributed by atoms with E-state index in [1.807, 2.05) is 0 Å². The number of likely N-dealkylation sites (N-methyl/N-ethyl adjacent to an activating group) is 1. The predicted octanol–water partition coefficient (Wildman–Crippen LogP) is 2.23. The molecule has 0 radical (unpaired) electrons. The molecular weight excluding hydrogens is 465 g/mol. The Balaban J connectivity index is 1.52. The van der Waals surface area contributed by atoms with E-state index in [0.717, 1.165) is 23.1 Å². The van der Waals surface area contributed by atoms with Crippen LogP contribution < -0.4 is 14.5 Å². The molecule has 4 rings (SSSR count). The van der Waals surface area contributed by atoms with Gasteiger partial charge < -0.3 is 24.7 Å². The van der Waals surface area contributed by atoms with E-state index in [0.29, 0.717) is 0 Å². The molecule has 2 aliphatic heterocycles. The highest BCUT2D eigenvalue weighted by Crippen LogP contribution is 2.37. The summed E-state index contributed by atoms with van der Waals surface area (Å²) < 4.78 is 48.5. The molecule has 0 saturated carbocycles. The Kier molecular flexibility index (Phi) is 6.02. The minimum atomic E-state index is -1.78. The minimum absolute atomic E-state index is 0.00361. The molecule has 2 aliphatic rings. The monoisotopic (exact) mass is 484 g/mol. The third-order valence-corrected chi connectivity index (χ3v) is 6.23. The fourth-order valence-corrected chi connectivity index (χ4v) is 4.35. The summed E-state index contributed by atoms with van der Waals surface area (Å²) in [5.41, 5.74) is -2.08. The molecule has 0 aromatic heterocycles. The molecule has 176 valence electrons. The van der Waals surface area contributed by atoms with Gasteiger partial charge in [0.2, 0.25) is 5.78 Å². The Morgan fingerprint density at radius 1 is 1.15 bits per heavy atom. The number of amides is 1. The van der Waals surface area contributed by atoms with Gasteiger partial charge in [-0.15, -0.1) is 0 Å². The molecule has 0 bridgehead atoms. The number of aliphatic hydroxyl groups is 2. The molecule has 1 amide bonds. The second-order valence-corrected chi connectivity index (χ2v) is 8.60. The average Bonchev–Trinajstić information content (AvgIpc) is 2.73. The van der Waals surface area contributed by atoms with Crippen molar-refractivity contribution in [1.29, 1.82) is 0 Å². The zero-order chi connectivity index (χ0) is 24.1. The van der Waals surface area contributed by atoms with Crippen molar-refractivity contribution < 1.29 is 37.7 Å². The van der Waals surface area contributed by atoms with Crippen LogP contribution in [0.1, 0.15) is 12.0 Å². The number of aliphatic hydroxyl groups excluding tert-OH is 1. The summed E-state index contributed by atoms with van der Waals surface area (Å²) in [4.78, 5) is 26.0. The number of anilines is 2. The van der Waals surface area contributed by atoms with Crippen LogP contribution in [0.2, 0.25) is 5.02 Å². The lowest BCUT2D eigenvalue weighted by Gasteiger charge is -2.42. The quantitative estimate of drug-likeness (QED) is 0.647. The molecular formula is C22H20ClF3N2O5. The number of carbonyl (C=O) groups excluding carboxylic acids is 2. The highest BCUT2D eigenvalue weighted by molar-refractivity contribution is 6.43. The molecule has 1 fully saturated rings. The molecule has 0 aliphatic carbocycles. The lowest BCUT2D eigenvalue weighted by molar-refractivity contribution is -0.136. The van der Waals surface area contributed by atoms with Crippen LogP contribution in [0.3, 0.4) is 0 Å². The van der Waals surface area contributed by atoms with Crippen molar-refractivity contribution in [3.63, 3.8) is 0 Å². The van der Waals surface area contributed by atoms with Crippen LogP contribution in [0.15, 0.2) is 24.3 Å². The molecule has 2 aromatic rings. The number of fused-ring (bicyclic) bond motifs is 1. The van der Waals surface area contributed by atoms with Crippen molar-refractivity contribution in [2.24, 2.45) is 0 Å². The molecule has 0 unspecified atom stereocenters. The van der Waals surface area contributed by atoms with E-state index in [9.17, 15) is 33.0 Å². The van der Waals surface area contributed by atoms with Gasteiger partial charge in [-0.2, -0.15) is 0 Å². The number of carbonyl (C=O) groups is 2. The minimum Gasteiger partial charge on any atom is -0.490 e. The van der Waals surface area contributed by atoms with E-state index in [1.165, 1.54) is 18.0 Å². The average molecular weight is 485 g/mol. The Labute approximate surface area is 191 Å². The topological polar surface area (TPSA) is 90.3 Å². The maximum atomic E-state index is 14.3. The van der Waals surface area contributed by atoms with Crippen molar-refractivity contribution in [3.8, 4) is 5.75 Å². The van der Waals surface area contributed by atoms with Gasteiger partial charge in [0, 0.05) is 37.1 Å².